The summed E-state index contributed by atoms with van der Waals surface area (Å²) in [6, 6.07) is 0. The molecule has 0 aromatic rings. The van der Waals surface area contributed by atoms with Crippen LogP contribution in [0.4, 0.5) is 0 Å². The van der Waals surface area contributed by atoms with Gasteiger partial charge in [0.05, 0.1) is 6.10 Å². The Morgan fingerprint density at radius 1 is 1.25 bits per heavy atom. The fourth-order valence-corrected chi connectivity index (χ4v) is 1.42. The summed E-state index contributed by atoms with van der Waals surface area (Å²) in [4.78, 5) is 0. The van der Waals surface area contributed by atoms with Crippen molar-refractivity contribution in [1.82, 2.24) is 0 Å². The predicted octanol–water partition coefficient (Wildman–Crippen LogP) is 1.22. The van der Waals surface area contributed by atoms with E-state index in [1.807, 2.05) is 0 Å². The zero-order chi connectivity index (χ0) is 5.98. The first-order chi connectivity index (χ1) is 3.80. The van der Waals surface area contributed by atoms with E-state index >= 15 is 0 Å². The number of hydrogen-bond donors (Lipinski definition) is 2. The third kappa shape index (κ3) is 1.39. The fourth-order valence-electron chi connectivity index (χ4n) is 1.09. The molecule has 0 aromatic carbocycles. The van der Waals surface area contributed by atoms with Crippen LogP contribution in [0.3, 0.4) is 0 Å². The van der Waals surface area contributed by atoms with Crippen molar-refractivity contribution in [3.63, 3.8) is 0 Å². The lowest BCUT2D eigenvalue weighted by atomic mass is 9.97. The lowest BCUT2D eigenvalue weighted by Crippen LogP contribution is -2.24. The molecule has 0 aromatic heterocycles. The zero-order valence-corrected chi connectivity index (χ0v) is 5.77. The first kappa shape index (κ1) is 6.43. The molecule has 0 radical (unpaired) electrons. The van der Waals surface area contributed by atoms with E-state index in [1.165, 1.54) is 12.8 Å². The Morgan fingerprint density at radius 2 is 1.88 bits per heavy atom. The number of thiol groups is 1. The van der Waals surface area contributed by atoms with Crippen molar-refractivity contribution >= 4 is 12.6 Å². The molecule has 48 valence electrons. The summed E-state index contributed by atoms with van der Waals surface area (Å²) in [5.41, 5.74) is 0. The first-order valence-electron chi connectivity index (χ1n) is 3.17. The van der Waals surface area contributed by atoms with E-state index in [4.69, 9.17) is 5.11 Å². The topological polar surface area (TPSA) is 20.2 Å². The molecular formula is C6H12OS. The SMILES string of the molecule is O[C@H]1CCCCC1S. The molecule has 2 atom stereocenters. The van der Waals surface area contributed by atoms with Crippen LogP contribution >= 0.6 is 12.6 Å². The molecular weight excluding hydrogens is 120 g/mol. The summed E-state index contributed by atoms with van der Waals surface area (Å²) in [5.74, 6) is 0. The first-order valence-corrected chi connectivity index (χ1v) is 3.68. The number of rotatable bonds is 0. The fraction of sp³-hybridized carbons (Fsp3) is 1.00. The molecule has 8 heavy (non-hydrogen) atoms. The Hall–Kier alpha value is 0.310. The van der Waals surface area contributed by atoms with Crippen LogP contribution in [0.25, 0.3) is 0 Å². The molecule has 0 amide bonds. The van der Waals surface area contributed by atoms with E-state index in [2.05, 4.69) is 12.6 Å². The quantitative estimate of drug-likeness (QED) is 0.475. The lowest BCUT2D eigenvalue weighted by Gasteiger charge is -2.22. The predicted molar refractivity (Wildman–Crippen MR) is 37.2 cm³/mol. The summed E-state index contributed by atoms with van der Waals surface area (Å²) in [6.45, 7) is 0. The molecule has 0 aliphatic heterocycles. The van der Waals surface area contributed by atoms with E-state index < -0.39 is 0 Å². The van der Waals surface area contributed by atoms with Crippen LogP contribution in [0.5, 0.6) is 0 Å². The van der Waals surface area contributed by atoms with Gasteiger partial charge in [-0.15, -0.1) is 0 Å². The molecule has 1 rings (SSSR count). The number of aliphatic hydroxyl groups is 1. The van der Waals surface area contributed by atoms with Gasteiger partial charge in [-0.25, -0.2) is 0 Å². The average Bonchev–Trinajstić information content (AvgIpc) is 1.77. The van der Waals surface area contributed by atoms with Crippen molar-refractivity contribution in [2.24, 2.45) is 0 Å². The van der Waals surface area contributed by atoms with Crippen LogP contribution in [0.1, 0.15) is 25.7 Å². The van der Waals surface area contributed by atoms with Gasteiger partial charge in [0.2, 0.25) is 0 Å². The Labute approximate surface area is 55.5 Å². The summed E-state index contributed by atoms with van der Waals surface area (Å²) in [6.07, 6.45) is 4.33. The third-order valence-corrected chi connectivity index (χ3v) is 2.30. The molecule has 1 saturated carbocycles. The minimum Gasteiger partial charge on any atom is -0.392 e. The maximum atomic E-state index is 9.10. The summed E-state index contributed by atoms with van der Waals surface area (Å²) >= 11 is 4.21. The molecule has 0 heterocycles. The van der Waals surface area contributed by atoms with E-state index in [0.29, 0.717) is 0 Å². The highest BCUT2D eigenvalue weighted by Gasteiger charge is 2.18. The maximum Gasteiger partial charge on any atom is 0.0656 e. The van der Waals surface area contributed by atoms with Crippen molar-refractivity contribution < 1.29 is 5.11 Å². The van der Waals surface area contributed by atoms with Crippen LogP contribution < -0.4 is 0 Å². The Bertz CT molecular complexity index is 64.9. The highest BCUT2D eigenvalue weighted by molar-refractivity contribution is 7.81. The monoisotopic (exact) mass is 132 g/mol. The Balaban J connectivity index is 2.28. The maximum absolute atomic E-state index is 9.10. The largest absolute Gasteiger partial charge is 0.392 e. The molecule has 0 saturated heterocycles. The van der Waals surface area contributed by atoms with Gasteiger partial charge in [-0.05, 0) is 12.8 Å². The van der Waals surface area contributed by atoms with Crippen molar-refractivity contribution in [3.8, 4) is 0 Å². The molecule has 1 N–H and O–H groups in total. The van der Waals surface area contributed by atoms with Gasteiger partial charge in [0.15, 0.2) is 0 Å². The van der Waals surface area contributed by atoms with Crippen LogP contribution in [0.2, 0.25) is 0 Å². The molecule has 0 bridgehead atoms. The van der Waals surface area contributed by atoms with Gasteiger partial charge in [-0.2, -0.15) is 12.6 Å². The average molecular weight is 132 g/mol. The standard InChI is InChI=1S/C6H12OS/c7-5-3-1-2-4-6(5)8/h5-8H,1-4H2/t5-,6?/m0/s1. The van der Waals surface area contributed by atoms with Gasteiger partial charge in [-0.3, -0.25) is 0 Å². The van der Waals surface area contributed by atoms with Gasteiger partial charge in [0.25, 0.3) is 0 Å². The molecule has 0 spiro atoms. The highest BCUT2D eigenvalue weighted by atomic mass is 32.1. The second kappa shape index (κ2) is 2.74. The van der Waals surface area contributed by atoms with Crippen LogP contribution in [-0.4, -0.2) is 16.5 Å². The van der Waals surface area contributed by atoms with Crippen molar-refractivity contribution in [2.45, 2.75) is 37.0 Å². The molecule has 1 aliphatic carbocycles. The van der Waals surface area contributed by atoms with Gasteiger partial charge < -0.3 is 5.11 Å². The second-order valence-electron chi connectivity index (χ2n) is 2.42. The molecule has 1 fully saturated rings. The minimum absolute atomic E-state index is 0.132. The van der Waals surface area contributed by atoms with Crippen LogP contribution in [0, 0.1) is 0 Å². The number of hydrogen-bond acceptors (Lipinski definition) is 2. The van der Waals surface area contributed by atoms with Crippen LogP contribution in [-0.2, 0) is 0 Å². The van der Waals surface area contributed by atoms with E-state index in [-0.39, 0.29) is 11.4 Å². The lowest BCUT2D eigenvalue weighted by molar-refractivity contribution is 0.137. The zero-order valence-electron chi connectivity index (χ0n) is 4.88. The van der Waals surface area contributed by atoms with Crippen LogP contribution in [0.15, 0.2) is 0 Å². The molecule has 1 aliphatic rings. The van der Waals surface area contributed by atoms with Crippen molar-refractivity contribution in [3.05, 3.63) is 0 Å². The van der Waals surface area contributed by atoms with E-state index in [9.17, 15) is 0 Å². The Kier molecular flexibility index (Phi) is 2.20. The van der Waals surface area contributed by atoms with Gasteiger partial charge in [0.1, 0.15) is 0 Å². The second-order valence-corrected chi connectivity index (χ2v) is 3.08. The van der Waals surface area contributed by atoms with Gasteiger partial charge in [0, 0.05) is 5.25 Å². The minimum atomic E-state index is -0.132. The summed E-state index contributed by atoms with van der Waals surface area (Å²) < 4.78 is 0. The summed E-state index contributed by atoms with van der Waals surface area (Å²) in [7, 11) is 0. The molecule has 2 heteroatoms. The van der Waals surface area contributed by atoms with Gasteiger partial charge in [-0.1, -0.05) is 12.8 Å². The smallest absolute Gasteiger partial charge is 0.0656 e. The molecule has 1 unspecified atom stereocenters. The van der Waals surface area contributed by atoms with Gasteiger partial charge >= 0.3 is 0 Å². The number of aliphatic hydroxyl groups excluding tert-OH is 1. The highest BCUT2D eigenvalue weighted by Crippen LogP contribution is 2.21. The third-order valence-electron chi connectivity index (χ3n) is 1.69. The Morgan fingerprint density at radius 3 is 2.25 bits per heavy atom. The van der Waals surface area contributed by atoms with E-state index in [0.717, 1.165) is 12.8 Å². The van der Waals surface area contributed by atoms with Crippen molar-refractivity contribution in [1.29, 1.82) is 0 Å². The normalized spacial score (nSPS) is 39.8. The van der Waals surface area contributed by atoms with E-state index in [1.54, 1.807) is 0 Å². The summed E-state index contributed by atoms with van der Waals surface area (Å²) in [5, 5.41) is 9.35. The molecule has 1 nitrogen and oxygen atoms in total. The van der Waals surface area contributed by atoms with Crippen molar-refractivity contribution in [2.75, 3.05) is 0 Å².